The second-order valence-electron chi connectivity index (χ2n) is 6.49. The Morgan fingerprint density at radius 3 is 2.36 bits per heavy atom. The van der Waals surface area contributed by atoms with E-state index in [-0.39, 0.29) is 28.4 Å². The molecular formula is C22H17ClF4N2NiO6-2. The second kappa shape index (κ2) is 13.1. The van der Waals surface area contributed by atoms with Crippen molar-refractivity contribution in [1.82, 2.24) is 5.32 Å². The van der Waals surface area contributed by atoms with Crippen LogP contribution < -0.4 is 25.3 Å². The molecule has 0 saturated carbocycles. The number of carbonyl (C=O) groups is 2. The average molecular weight is 576 g/mol. The monoisotopic (exact) mass is 574 g/mol. The summed E-state index contributed by atoms with van der Waals surface area (Å²) in [7, 11) is 1.16. The third-order valence-corrected chi connectivity index (χ3v) is 4.76. The fourth-order valence-corrected chi connectivity index (χ4v) is 2.81. The summed E-state index contributed by atoms with van der Waals surface area (Å²) < 4.78 is 66.8. The van der Waals surface area contributed by atoms with Gasteiger partial charge in [0.05, 0.1) is 0 Å². The molecular weight excluding hydrogens is 558 g/mol. The summed E-state index contributed by atoms with van der Waals surface area (Å²) in [6.07, 6.45) is -1.73. The molecule has 0 aliphatic heterocycles. The van der Waals surface area contributed by atoms with Crippen molar-refractivity contribution in [3.8, 4) is 23.0 Å². The molecule has 14 heteroatoms. The summed E-state index contributed by atoms with van der Waals surface area (Å²) >= 11 is 10.3. The van der Waals surface area contributed by atoms with Crippen LogP contribution in [0.2, 0.25) is 5.02 Å². The van der Waals surface area contributed by atoms with Gasteiger partial charge in [0.25, 0.3) is 0 Å². The molecule has 0 unspecified atom stereocenters. The van der Waals surface area contributed by atoms with Gasteiger partial charge in [-0.2, -0.15) is 0 Å². The van der Waals surface area contributed by atoms with Crippen LogP contribution in [0.3, 0.4) is 0 Å². The summed E-state index contributed by atoms with van der Waals surface area (Å²) in [6.45, 7) is 1.51. The number of alkyl halides is 3. The van der Waals surface area contributed by atoms with E-state index in [4.69, 9.17) is 26.8 Å². The third-order valence-electron chi connectivity index (χ3n) is 4.04. The van der Waals surface area contributed by atoms with E-state index in [0.717, 1.165) is 37.5 Å². The molecule has 36 heavy (non-hydrogen) atoms. The van der Waals surface area contributed by atoms with Gasteiger partial charge in [-0.3, -0.25) is 0 Å². The zero-order valence-electron chi connectivity index (χ0n) is 18.3. The molecule has 0 fully saturated rings. The van der Waals surface area contributed by atoms with Gasteiger partial charge >= 0.3 is 191 Å². The van der Waals surface area contributed by atoms with E-state index in [2.05, 4.69) is 31.2 Å². The van der Waals surface area contributed by atoms with E-state index in [1.807, 2.05) is 0 Å². The summed E-state index contributed by atoms with van der Waals surface area (Å²) in [5.41, 5.74) is 4.70. The van der Waals surface area contributed by atoms with Crippen LogP contribution in [-0.2, 0) is 19.8 Å². The molecule has 2 rings (SSSR count). The molecule has 0 saturated heterocycles. The summed E-state index contributed by atoms with van der Waals surface area (Å²) in [6, 6.07) is 5.18. The zero-order chi connectivity index (χ0) is 26.3. The van der Waals surface area contributed by atoms with E-state index in [0.29, 0.717) is 5.57 Å². The molecule has 0 aliphatic carbocycles. The molecule has 0 heterocycles. The van der Waals surface area contributed by atoms with Crippen LogP contribution in [0.15, 0.2) is 47.7 Å². The average Bonchev–Trinajstić information content (AvgIpc) is 2.78. The van der Waals surface area contributed by atoms with Gasteiger partial charge in [0.2, 0.25) is 0 Å². The largest absolute Gasteiger partial charge is 0.870 e. The Bertz CT molecular complexity index is 1220. The quantitative estimate of drug-likeness (QED) is 0.152. The molecule has 0 spiro atoms. The fourth-order valence-electron chi connectivity index (χ4n) is 2.50. The predicted molar refractivity (Wildman–Crippen MR) is 116 cm³/mol. The number of methoxy groups -OCH3 is 1. The maximum Gasteiger partial charge on any atom is -0.870 e. The number of carbonyl (C=O) groups excluding carboxylic acids is 2. The molecule has 0 bridgehead atoms. The number of allylic oxidation sites excluding steroid dienone is 2. The van der Waals surface area contributed by atoms with Gasteiger partial charge in [-0.15, -0.1) is 13.2 Å². The molecule has 198 valence electrons. The van der Waals surface area contributed by atoms with Crippen molar-refractivity contribution in [3.05, 3.63) is 70.2 Å². The first-order valence-corrected chi connectivity index (χ1v) is 10.2. The number of hydrogen-bond acceptors (Lipinski definition) is 6. The van der Waals surface area contributed by atoms with Crippen molar-refractivity contribution < 1.29 is 61.9 Å². The van der Waals surface area contributed by atoms with Crippen LogP contribution in [0.5, 0.6) is 23.0 Å². The molecule has 0 atom stereocenters. The number of nitrogens with one attached hydrogen (secondary N) is 1. The van der Waals surface area contributed by atoms with Gasteiger partial charge in [-0.25, -0.2) is 0 Å². The molecule has 2 aromatic rings. The smallest absolute Gasteiger partial charge is 0.870 e. The normalized spacial score (nSPS) is 11.8. The minimum atomic E-state index is -4.94. The van der Waals surface area contributed by atoms with Crippen molar-refractivity contribution in [1.29, 1.82) is 0 Å². The maximum absolute atomic E-state index is 14.9. The Kier molecular flexibility index (Phi) is 11.1. The van der Waals surface area contributed by atoms with Gasteiger partial charge in [0.1, 0.15) is 0 Å². The Morgan fingerprint density at radius 2 is 1.81 bits per heavy atom. The number of primary amides is 1. The molecule has 0 radical (unpaired) electrons. The van der Waals surface area contributed by atoms with Crippen molar-refractivity contribution >= 4 is 28.4 Å². The van der Waals surface area contributed by atoms with Crippen LogP contribution in [0, 0.1) is 11.9 Å². The number of nitrogens with two attached hydrogens (primary N) is 1. The van der Waals surface area contributed by atoms with Crippen LogP contribution in [0.1, 0.15) is 17.3 Å². The van der Waals surface area contributed by atoms with E-state index >= 15 is 0 Å². The second-order valence-corrected chi connectivity index (χ2v) is 7.18. The number of hydrogen-bond donors (Lipinski definition) is 2. The standard InChI is InChI=1S/C22H16ClF4N2O5.Ni.H2O/c1-11(2)14(6-9-18(28)30)29-21(31)19-16(8-5-13(23)20(19)24)33-15-7-4-12(10-17(15)32-3)34-22(25,26)27;;/h1,4-8,10H,2-3H3,(H2,28,30)(H,29,31);;1H2/q-1;;/p-1/b14-11-;;. The topological polar surface area (TPSA) is 130 Å². The Hall–Kier alpha value is -3.41. The molecule has 0 aromatic heterocycles. The van der Waals surface area contributed by atoms with Crippen molar-refractivity contribution in [2.24, 2.45) is 5.73 Å². The van der Waals surface area contributed by atoms with E-state index in [1.165, 1.54) is 18.0 Å². The predicted octanol–water partition coefficient (Wildman–Crippen LogP) is 4.20. The first-order valence-electron chi connectivity index (χ1n) is 9.27. The number of benzene rings is 2. The van der Waals surface area contributed by atoms with Crippen LogP contribution in [-0.4, -0.2) is 35.8 Å². The SMILES string of the molecule is COc1cc(OC(F)(F)F)ccc1Oc1ccc(Cl)c(F)c1C(=O)N/C(C=[C-]C(N)=O)=C(\C)[CH]=[Ni].[OH-]. The van der Waals surface area contributed by atoms with Crippen LogP contribution in [0.4, 0.5) is 17.6 Å². The van der Waals surface area contributed by atoms with Gasteiger partial charge in [-0.05, 0) is 0 Å². The molecule has 4 N–H and O–H groups in total. The van der Waals surface area contributed by atoms with E-state index in [1.54, 1.807) is 0 Å². The number of amides is 2. The van der Waals surface area contributed by atoms with Gasteiger partial charge in [0.15, 0.2) is 0 Å². The van der Waals surface area contributed by atoms with Gasteiger partial charge < -0.3 is 10.2 Å². The maximum atomic E-state index is 14.9. The Labute approximate surface area is 214 Å². The fraction of sp³-hybridized carbons (Fsp3) is 0.136. The van der Waals surface area contributed by atoms with Gasteiger partial charge in [-0.1, -0.05) is 0 Å². The Balaban J connectivity index is 0.00000648. The van der Waals surface area contributed by atoms with Crippen molar-refractivity contribution in [2.45, 2.75) is 13.3 Å². The van der Waals surface area contributed by atoms with E-state index < -0.39 is 40.3 Å². The summed E-state index contributed by atoms with van der Waals surface area (Å²) in [4.78, 5) is 25.2. The van der Waals surface area contributed by atoms with Crippen molar-refractivity contribution in [2.75, 3.05) is 7.11 Å². The molecule has 8 nitrogen and oxygen atoms in total. The summed E-state index contributed by atoms with van der Waals surface area (Å²) in [5.74, 6) is -4.43. The molecule has 2 aromatic carbocycles. The Morgan fingerprint density at radius 1 is 1.17 bits per heavy atom. The van der Waals surface area contributed by atoms with Crippen LogP contribution in [0.25, 0.3) is 0 Å². The zero-order valence-corrected chi connectivity index (χ0v) is 20.1. The minimum absolute atomic E-state index is 0. The molecule has 0 aliphatic rings. The minimum Gasteiger partial charge on any atom is -0.870 e. The molecule has 2 amide bonds. The first kappa shape index (κ1) is 30.6. The van der Waals surface area contributed by atoms with Gasteiger partial charge in [0, 0.05) is 0 Å². The number of rotatable bonds is 9. The van der Waals surface area contributed by atoms with Crippen LogP contribution >= 0.6 is 11.6 Å². The first-order chi connectivity index (χ1) is 16.4. The van der Waals surface area contributed by atoms with Crippen molar-refractivity contribution in [3.63, 3.8) is 0 Å². The van der Waals surface area contributed by atoms with E-state index in [9.17, 15) is 27.2 Å². The number of ether oxygens (including phenoxy) is 3. The number of halogens is 5. The third kappa shape index (κ3) is 8.37. The summed E-state index contributed by atoms with van der Waals surface area (Å²) in [5, 5.41) is 1.95.